The Bertz CT molecular complexity index is 988. The summed E-state index contributed by atoms with van der Waals surface area (Å²) in [5.41, 5.74) is 0.387. The Morgan fingerprint density at radius 2 is 1.87 bits per heavy atom. The number of aromatic nitrogens is 2. The molecule has 10 heteroatoms. The molecule has 0 aliphatic heterocycles. The van der Waals surface area contributed by atoms with E-state index in [9.17, 15) is 8.42 Å². The van der Waals surface area contributed by atoms with Gasteiger partial charge in [0.15, 0.2) is 11.0 Å². The lowest BCUT2D eigenvalue weighted by molar-refractivity contribution is 0.315. The van der Waals surface area contributed by atoms with Crippen LogP contribution in [0, 0.1) is 0 Å². The Morgan fingerprint density at radius 3 is 2.61 bits per heavy atom. The monoisotopic (exact) mass is 373 g/mol. The molecule has 0 spiro atoms. The van der Waals surface area contributed by atoms with E-state index in [1.54, 1.807) is 12.1 Å². The summed E-state index contributed by atoms with van der Waals surface area (Å²) in [5.74, 6) is 0.321. The zero-order valence-electron chi connectivity index (χ0n) is 11.6. The number of benzene rings is 2. The number of nitrogens with one attached hydrogen (secondary N) is 1. The first-order chi connectivity index (χ1) is 10.9. The number of methoxy groups -OCH3 is 1. The van der Waals surface area contributed by atoms with Crippen molar-refractivity contribution in [1.82, 2.24) is 10.3 Å². The third-order valence-corrected chi connectivity index (χ3v) is 4.96. The number of nitrogens with zero attached hydrogens (tertiary/aromatic N) is 2. The van der Waals surface area contributed by atoms with Crippen LogP contribution in [-0.4, -0.2) is 25.8 Å². The van der Waals surface area contributed by atoms with Crippen molar-refractivity contribution in [2.45, 2.75) is 4.90 Å². The van der Waals surface area contributed by atoms with Gasteiger partial charge in [0.05, 0.1) is 17.8 Å². The summed E-state index contributed by atoms with van der Waals surface area (Å²) in [4.78, 5) is -0.125. The molecule has 2 aromatic carbocycles. The molecule has 0 unspecified atom stereocenters. The number of hydrogen-bond acceptors (Lipinski definition) is 6. The van der Waals surface area contributed by atoms with E-state index >= 15 is 0 Å². The number of halogens is 2. The lowest BCUT2D eigenvalue weighted by Crippen LogP contribution is -2.14. The molecular weight excluding hydrogens is 365 g/mol. The molecule has 7 nitrogen and oxygen atoms in total. The Kier molecular flexibility index (Phi) is 4.05. The summed E-state index contributed by atoms with van der Waals surface area (Å²) in [6.07, 6.45) is 0. The second-order valence-electron chi connectivity index (χ2n) is 4.46. The van der Waals surface area contributed by atoms with E-state index in [2.05, 4.69) is 19.7 Å². The predicted octanol–water partition coefficient (Wildman–Crippen LogP) is 3.34. The van der Waals surface area contributed by atoms with E-state index in [1.165, 1.54) is 25.3 Å². The van der Waals surface area contributed by atoms with Crippen LogP contribution in [0.4, 0.5) is 5.69 Å². The van der Waals surface area contributed by atoms with Crippen LogP contribution in [0.2, 0.25) is 10.0 Å². The fraction of sp³-hybridized carbons (Fsp3) is 0.0769. The number of ether oxygens (including phenoxy) is 1. The minimum Gasteiger partial charge on any atom is -0.495 e. The highest BCUT2D eigenvalue weighted by Gasteiger charge is 2.23. The largest absolute Gasteiger partial charge is 0.495 e. The van der Waals surface area contributed by atoms with Crippen LogP contribution < -0.4 is 9.46 Å². The maximum absolute atomic E-state index is 12.6. The molecule has 0 atom stereocenters. The average molecular weight is 374 g/mol. The zero-order chi connectivity index (χ0) is 16.6. The quantitative estimate of drug-likeness (QED) is 0.753. The third-order valence-electron chi connectivity index (χ3n) is 3.02. The van der Waals surface area contributed by atoms with Gasteiger partial charge in [0.2, 0.25) is 0 Å². The lowest BCUT2D eigenvalue weighted by atomic mass is 10.3. The van der Waals surface area contributed by atoms with E-state index in [4.69, 9.17) is 27.9 Å². The Hall–Kier alpha value is -2.03. The highest BCUT2D eigenvalue weighted by molar-refractivity contribution is 7.93. The second kappa shape index (κ2) is 5.88. The van der Waals surface area contributed by atoms with E-state index in [0.717, 1.165) is 0 Å². The van der Waals surface area contributed by atoms with Gasteiger partial charge in [-0.1, -0.05) is 23.2 Å². The lowest BCUT2D eigenvalue weighted by Gasteiger charge is -2.12. The predicted molar refractivity (Wildman–Crippen MR) is 85.6 cm³/mol. The molecular formula is C13H9Cl2N3O4S. The normalized spacial score (nSPS) is 11.6. The maximum atomic E-state index is 12.6. The van der Waals surface area contributed by atoms with Crippen molar-refractivity contribution in [3.63, 3.8) is 0 Å². The molecule has 3 aromatic rings. The summed E-state index contributed by atoms with van der Waals surface area (Å²) in [7, 11) is -2.57. The molecule has 1 N–H and O–H groups in total. The molecule has 0 saturated heterocycles. The number of rotatable bonds is 4. The summed E-state index contributed by atoms with van der Waals surface area (Å²) < 4.78 is 37.4. The van der Waals surface area contributed by atoms with Gasteiger partial charge in [0.25, 0.3) is 10.0 Å². The van der Waals surface area contributed by atoms with Gasteiger partial charge in [0.1, 0.15) is 10.6 Å². The van der Waals surface area contributed by atoms with Crippen molar-refractivity contribution >= 4 is 49.9 Å². The molecule has 0 bridgehead atoms. The molecule has 0 saturated carbocycles. The molecule has 0 aliphatic carbocycles. The standard InChI is InChI=1S/C13H9Cl2N3O4S/c1-21-10-4-2-7(14)6-9(10)18-23(19,20)11-5-3-8(15)12-13(11)17-22-16-12/h2-6,18H,1H3. The fourth-order valence-electron chi connectivity index (χ4n) is 1.99. The van der Waals surface area contributed by atoms with Crippen LogP contribution in [0.15, 0.2) is 39.9 Å². The van der Waals surface area contributed by atoms with Gasteiger partial charge in [-0.05, 0) is 40.6 Å². The van der Waals surface area contributed by atoms with Crippen LogP contribution in [-0.2, 0) is 10.0 Å². The minimum atomic E-state index is -3.99. The SMILES string of the molecule is COc1ccc(Cl)cc1NS(=O)(=O)c1ccc(Cl)c2nonc12. The van der Waals surface area contributed by atoms with Crippen molar-refractivity contribution < 1.29 is 17.8 Å². The van der Waals surface area contributed by atoms with E-state index in [1.807, 2.05) is 0 Å². The highest BCUT2D eigenvalue weighted by Crippen LogP contribution is 2.32. The minimum absolute atomic E-state index is 0.0333. The number of fused-ring (bicyclic) bond motifs is 1. The van der Waals surface area contributed by atoms with Gasteiger partial charge in [-0.3, -0.25) is 4.72 Å². The molecule has 1 heterocycles. The summed E-state index contributed by atoms with van der Waals surface area (Å²) in [5, 5.41) is 7.78. The molecule has 1 aromatic heterocycles. The van der Waals surface area contributed by atoms with Gasteiger partial charge in [0, 0.05) is 5.02 Å². The van der Waals surface area contributed by atoms with E-state index < -0.39 is 10.0 Å². The van der Waals surface area contributed by atoms with Crippen LogP contribution in [0.5, 0.6) is 5.75 Å². The Labute approximate surface area is 141 Å². The number of sulfonamides is 1. The first-order valence-electron chi connectivity index (χ1n) is 6.19. The van der Waals surface area contributed by atoms with E-state index in [-0.39, 0.29) is 26.6 Å². The molecule has 0 aliphatic rings. The maximum Gasteiger partial charge on any atom is 0.264 e. The van der Waals surface area contributed by atoms with Crippen LogP contribution in [0.25, 0.3) is 11.0 Å². The third kappa shape index (κ3) is 2.92. The molecule has 0 fully saturated rings. The summed E-state index contributed by atoms with van der Waals surface area (Å²) >= 11 is 11.8. The Balaban J connectivity index is 2.10. The van der Waals surface area contributed by atoms with Crippen LogP contribution in [0.3, 0.4) is 0 Å². The molecule has 0 radical (unpaired) electrons. The van der Waals surface area contributed by atoms with Gasteiger partial charge in [-0.15, -0.1) is 0 Å². The molecule has 23 heavy (non-hydrogen) atoms. The number of hydrogen-bond donors (Lipinski definition) is 1. The smallest absolute Gasteiger partial charge is 0.264 e. The van der Waals surface area contributed by atoms with Gasteiger partial charge in [-0.25, -0.2) is 13.0 Å². The number of anilines is 1. The van der Waals surface area contributed by atoms with Crippen LogP contribution >= 0.6 is 23.2 Å². The molecule has 120 valence electrons. The highest BCUT2D eigenvalue weighted by atomic mass is 35.5. The zero-order valence-corrected chi connectivity index (χ0v) is 13.9. The van der Waals surface area contributed by atoms with Gasteiger partial charge < -0.3 is 4.74 Å². The molecule has 0 amide bonds. The Morgan fingerprint density at radius 1 is 1.13 bits per heavy atom. The van der Waals surface area contributed by atoms with Gasteiger partial charge >= 0.3 is 0 Å². The van der Waals surface area contributed by atoms with Crippen LogP contribution in [0.1, 0.15) is 0 Å². The van der Waals surface area contributed by atoms with Crippen molar-refractivity contribution in [2.24, 2.45) is 0 Å². The van der Waals surface area contributed by atoms with Crippen molar-refractivity contribution in [3.8, 4) is 5.75 Å². The van der Waals surface area contributed by atoms with Crippen molar-refractivity contribution in [1.29, 1.82) is 0 Å². The summed E-state index contributed by atoms with van der Waals surface area (Å²) in [6, 6.07) is 7.29. The fourth-order valence-corrected chi connectivity index (χ4v) is 3.54. The second-order valence-corrected chi connectivity index (χ2v) is 6.95. The van der Waals surface area contributed by atoms with Crippen molar-refractivity contribution in [2.75, 3.05) is 11.8 Å². The topological polar surface area (TPSA) is 94.3 Å². The first-order valence-corrected chi connectivity index (χ1v) is 8.43. The molecule has 3 rings (SSSR count). The summed E-state index contributed by atoms with van der Waals surface area (Å²) in [6.45, 7) is 0. The average Bonchev–Trinajstić information content (AvgIpc) is 2.97. The van der Waals surface area contributed by atoms with Gasteiger partial charge in [-0.2, -0.15) is 0 Å². The first kappa shape index (κ1) is 15.9. The van der Waals surface area contributed by atoms with Crippen molar-refractivity contribution in [3.05, 3.63) is 40.4 Å². The van der Waals surface area contributed by atoms with E-state index in [0.29, 0.717) is 10.8 Å².